The van der Waals surface area contributed by atoms with Crippen LogP contribution in [0.1, 0.15) is 17.7 Å². The standard InChI is InChI=1S/C16H16N4S/c1-2-6-14-13(5-1)15(18-11-7-8-11)20-16(19-14)17-10-12-4-3-9-21-12/h1-6,9,11H,7-8,10H2,(H2,17,18,19,20). The van der Waals surface area contributed by atoms with Crippen LogP contribution in [-0.4, -0.2) is 16.0 Å². The van der Waals surface area contributed by atoms with E-state index in [1.54, 1.807) is 11.3 Å². The van der Waals surface area contributed by atoms with Crippen molar-refractivity contribution in [2.45, 2.75) is 25.4 Å². The highest BCUT2D eigenvalue weighted by molar-refractivity contribution is 7.09. The third-order valence-electron chi connectivity index (χ3n) is 3.52. The maximum Gasteiger partial charge on any atom is 0.225 e. The average molecular weight is 296 g/mol. The Morgan fingerprint density at radius 3 is 2.81 bits per heavy atom. The first-order valence-corrected chi connectivity index (χ1v) is 8.06. The van der Waals surface area contributed by atoms with Gasteiger partial charge in [-0.2, -0.15) is 4.98 Å². The maximum absolute atomic E-state index is 4.65. The molecule has 5 heteroatoms. The van der Waals surface area contributed by atoms with E-state index in [-0.39, 0.29) is 0 Å². The van der Waals surface area contributed by atoms with Gasteiger partial charge in [-0.15, -0.1) is 11.3 Å². The first-order chi connectivity index (χ1) is 10.4. The molecule has 106 valence electrons. The van der Waals surface area contributed by atoms with Gasteiger partial charge in [0.1, 0.15) is 5.82 Å². The first-order valence-electron chi connectivity index (χ1n) is 7.18. The summed E-state index contributed by atoms with van der Waals surface area (Å²) >= 11 is 1.74. The lowest BCUT2D eigenvalue weighted by Gasteiger charge is -2.11. The van der Waals surface area contributed by atoms with Gasteiger partial charge >= 0.3 is 0 Å². The third-order valence-corrected chi connectivity index (χ3v) is 4.40. The van der Waals surface area contributed by atoms with Crippen molar-refractivity contribution in [3.8, 4) is 0 Å². The van der Waals surface area contributed by atoms with Gasteiger partial charge in [0.2, 0.25) is 5.95 Å². The third kappa shape index (κ3) is 2.83. The van der Waals surface area contributed by atoms with Crippen molar-refractivity contribution < 1.29 is 0 Å². The van der Waals surface area contributed by atoms with E-state index in [0.717, 1.165) is 23.3 Å². The van der Waals surface area contributed by atoms with Crippen LogP contribution in [0.15, 0.2) is 41.8 Å². The highest BCUT2D eigenvalue weighted by atomic mass is 32.1. The van der Waals surface area contributed by atoms with Crippen LogP contribution >= 0.6 is 11.3 Å². The van der Waals surface area contributed by atoms with Crippen LogP contribution in [0, 0.1) is 0 Å². The predicted molar refractivity (Wildman–Crippen MR) is 87.8 cm³/mol. The lowest BCUT2D eigenvalue weighted by atomic mass is 10.2. The summed E-state index contributed by atoms with van der Waals surface area (Å²) in [6.07, 6.45) is 2.46. The molecule has 1 aliphatic rings. The van der Waals surface area contributed by atoms with Gasteiger partial charge in [0, 0.05) is 16.3 Å². The minimum Gasteiger partial charge on any atom is -0.367 e. The van der Waals surface area contributed by atoms with Crippen LogP contribution < -0.4 is 10.6 Å². The molecule has 0 atom stereocenters. The molecule has 1 aromatic carbocycles. The molecular weight excluding hydrogens is 280 g/mol. The molecule has 0 unspecified atom stereocenters. The zero-order valence-electron chi connectivity index (χ0n) is 11.5. The van der Waals surface area contributed by atoms with Gasteiger partial charge in [-0.1, -0.05) is 18.2 Å². The number of fused-ring (bicyclic) bond motifs is 1. The maximum atomic E-state index is 4.65. The monoisotopic (exact) mass is 296 g/mol. The van der Waals surface area contributed by atoms with E-state index in [9.17, 15) is 0 Å². The van der Waals surface area contributed by atoms with Gasteiger partial charge in [-0.3, -0.25) is 0 Å². The summed E-state index contributed by atoms with van der Waals surface area (Å²) in [5.74, 6) is 1.63. The number of para-hydroxylation sites is 1. The van der Waals surface area contributed by atoms with Crippen molar-refractivity contribution in [1.29, 1.82) is 0 Å². The molecule has 0 amide bonds. The molecule has 0 bridgehead atoms. The van der Waals surface area contributed by atoms with Crippen LogP contribution in [0.2, 0.25) is 0 Å². The summed E-state index contributed by atoms with van der Waals surface area (Å²) < 4.78 is 0. The van der Waals surface area contributed by atoms with Crippen LogP contribution in [0.4, 0.5) is 11.8 Å². The van der Waals surface area contributed by atoms with Crippen LogP contribution in [0.25, 0.3) is 10.9 Å². The minimum atomic E-state index is 0.577. The number of benzene rings is 1. The molecule has 4 rings (SSSR count). The fraction of sp³-hybridized carbons (Fsp3) is 0.250. The van der Waals surface area contributed by atoms with Gasteiger partial charge in [0.15, 0.2) is 0 Å². The number of hydrogen-bond donors (Lipinski definition) is 2. The second-order valence-electron chi connectivity index (χ2n) is 5.26. The van der Waals surface area contributed by atoms with E-state index in [4.69, 9.17) is 0 Å². The van der Waals surface area contributed by atoms with Gasteiger partial charge in [-0.25, -0.2) is 4.98 Å². The Morgan fingerprint density at radius 2 is 2.00 bits per heavy atom. The largest absolute Gasteiger partial charge is 0.367 e. The fourth-order valence-corrected chi connectivity index (χ4v) is 2.91. The molecule has 2 heterocycles. The van der Waals surface area contributed by atoms with Crippen LogP contribution in [-0.2, 0) is 6.54 Å². The molecule has 0 saturated heterocycles. The first kappa shape index (κ1) is 12.6. The minimum absolute atomic E-state index is 0.577. The van der Waals surface area contributed by atoms with Gasteiger partial charge < -0.3 is 10.6 Å². The Morgan fingerprint density at radius 1 is 1.10 bits per heavy atom. The number of rotatable bonds is 5. The molecule has 0 spiro atoms. The van der Waals surface area contributed by atoms with Crippen molar-refractivity contribution in [2.24, 2.45) is 0 Å². The Balaban J connectivity index is 1.64. The van der Waals surface area contributed by atoms with Crippen molar-refractivity contribution in [2.75, 3.05) is 10.6 Å². The molecule has 1 fully saturated rings. The summed E-state index contributed by atoms with van der Waals surface area (Å²) in [6, 6.07) is 12.9. The van der Waals surface area contributed by atoms with Crippen LogP contribution in [0.5, 0.6) is 0 Å². The Hall–Kier alpha value is -2.14. The van der Waals surface area contributed by atoms with Gasteiger partial charge in [-0.05, 0) is 36.4 Å². The Bertz CT molecular complexity index is 750. The molecule has 2 N–H and O–H groups in total. The summed E-state index contributed by atoms with van der Waals surface area (Å²) in [5, 5.41) is 10.00. The molecular formula is C16H16N4S. The van der Waals surface area contributed by atoms with E-state index in [2.05, 4.69) is 44.2 Å². The Labute approximate surface area is 127 Å². The van der Waals surface area contributed by atoms with E-state index in [1.807, 2.05) is 18.2 Å². The van der Waals surface area contributed by atoms with Crippen molar-refractivity contribution in [3.63, 3.8) is 0 Å². The number of anilines is 2. The molecule has 1 saturated carbocycles. The number of nitrogens with one attached hydrogen (secondary N) is 2. The van der Waals surface area contributed by atoms with Crippen molar-refractivity contribution >= 4 is 34.0 Å². The molecule has 21 heavy (non-hydrogen) atoms. The number of aromatic nitrogens is 2. The number of thiophene rings is 1. The summed E-state index contributed by atoms with van der Waals surface area (Å²) in [5.41, 5.74) is 0.976. The molecule has 1 aliphatic carbocycles. The molecule has 0 aliphatic heterocycles. The Kier molecular flexibility index (Phi) is 3.20. The second-order valence-corrected chi connectivity index (χ2v) is 6.30. The summed E-state index contributed by atoms with van der Waals surface area (Å²) in [6.45, 7) is 0.763. The van der Waals surface area contributed by atoms with E-state index in [0.29, 0.717) is 12.0 Å². The quantitative estimate of drug-likeness (QED) is 0.750. The second kappa shape index (κ2) is 5.33. The average Bonchev–Trinajstić information content (AvgIpc) is 3.17. The molecule has 3 aromatic rings. The van der Waals surface area contributed by atoms with E-state index < -0.39 is 0 Å². The zero-order chi connectivity index (χ0) is 14.1. The normalized spacial score (nSPS) is 14.3. The van der Waals surface area contributed by atoms with E-state index in [1.165, 1.54) is 17.7 Å². The molecule has 4 nitrogen and oxygen atoms in total. The lowest BCUT2D eigenvalue weighted by molar-refractivity contribution is 1.06. The van der Waals surface area contributed by atoms with Crippen molar-refractivity contribution in [3.05, 3.63) is 46.7 Å². The highest BCUT2D eigenvalue weighted by Gasteiger charge is 2.22. The van der Waals surface area contributed by atoms with Gasteiger partial charge in [0.25, 0.3) is 0 Å². The zero-order valence-corrected chi connectivity index (χ0v) is 12.4. The van der Waals surface area contributed by atoms with Crippen molar-refractivity contribution in [1.82, 2.24) is 9.97 Å². The molecule has 2 aromatic heterocycles. The fourth-order valence-electron chi connectivity index (χ4n) is 2.27. The number of hydrogen-bond acceptors (Lipinski definition) is 5. The summed E-state index contributed by atoms with van der Waals surface area (Å²) in [4.78, 5) is 10.5. The number of nitrogens with zero attached hydrogens (tertiary/aromatic N) is 2. The van der Waals surface area contributed by atoms with Gasteiger partial charge in [0.05, 0.1) is 12.1 Å². The van der Waals surface area contributed by atoms with Crippen LogP contribution in [0.3, 0.4) is 0 Å². The smallest absolute Gasteiger partial charge is 0.225 e. The highest BCUT2D eigenvalue weighted by Crippen LogP contribution is 2.28. The SMILES string of the molecule is c1csc(CNc2nc(NC3CC3)c3ccccc3n2)c1. The lowest BCUT2D eigenvalue weighted by Crippen LogP contribution is -2.08. The topological polar surface area (TPSA) is 49.8 Å². The summed E-state index contributed by atoms with van der Waals surface area (Å²) in [7, 11) is 0. The molecule has 0 radical (unpaired) electrons. The van der Waals surface area contributed by atoms with E-state index >= 15 is 0 Å². The predicted octanol–water partition coefficient (Wildman–Crippen LogP) is 3.88.